The number of aliphatic imine (C=N–C) groups is 1. The van der Waals surface area contributed by atoms with Gasteiger partial charge in [0.25, 0.3) is 5.91 Å². The van der Waals surface area contributed by atoms with E-state index in [1.54, 1.807) is 0 Å². The number of benzene rings is 1. The van der Waals surface area contributed by atoms with Gasteiger partial charge < -0.3 is 20.3 Å². The van der Waals surface area contributed by atoms with Crippen LogP contribution >= 0.6 is 24.0 Å². The molecule has 1 atom stereocenters. The highest BCUT2D eigenvalue weighted by atomic mass is 127. The Hall–Kier alpha value is -1.39. The fraction of sp³-hybridized carbons (Fsp3) is 0.680. The lowest BCUT2D eigenvalue weighted by molar-refractivity contribution is 0.00272. The number of halogens is 1. The standard InChI is InChI=1S/C25H43N5O2.HI/c1-6-21(7-2)23(30-14-16-32-17-15-30)19-28-25(26-5)27-18-20-10-12-22(13-11-20)24(31)29(8-3)9-4;/h10-13,21,23H,6-9,14-19H2,1-5H3,(H2,26,27,28);1H. The molecule has 1 amide bonds. The number of ether oxygens (including phenoxy) is 1. The Kier molecular flexibility index (Phi) is 14.6. The van der Waals surface area contributed by atoms with E-state index in [2.05, 4.69) is 34.4 Å². The van der Waals surface area contributed by atoms with Gasteiger partial charge in [0.2, 0.25) is 0 Å². The summed E-state index contributed by atoms with van der Waals surface area (Å²) in [6, 6.07) is 8.32. The van der Waals surface area contributed by atoms with E-state index in [0.717, 1.165) is 63.0 Å². The fourth-order valence-corrected chi connectivity index (χ4v) is 4.40. The van der Waals surface area contributed by atoms with Crippen molar-refractivity contribution < 1.29 is 9.53 Å². The number of amides is 1. The maximum atomic E-state index is 12.5. The first-order valence-corrected chi connectivity index (χ1v) is 12.2. The smallest absolute Gasteiger partial charge is 0.253 e. The molecule has 1 fully saturated rings. The van der Waals surface area contributed by atoms with Gasteiger partial charge in [-0.2, -0.15) is 0 Å². The van der Waals surface area contributed by atoms with Crippen LogP contribution in [0, 0.1) is 5.92 Å². The van der Waals surface area contributed by atoms with Gasteiger partial charge in [-0.25, -0.2) is 0 Å². The third-order valence-electron chi connectivity index (χ3n) is 6.52. The molecule has 0 bridgehead atoms. The van der Waals surface area contributed by atoms with Crippen molar-refractivity contribution in [3.63, 3.8) is 0 Å². The van der Waals surface area contributed by atoms with Crippen LogP contribution in [0.3, 0.4) is 0 Å². The van der Waals surface area contributed by atoms with Gasteiger partial charge in [0, 0.05) is 57.9 Å². The van der Waals surface area contributed by atoms with Gasteiger partial charge in [-0.05, 0) is 37.5 Å². The average Bonchev–Trinajstić information content (AvgIpc) is 2.85. The van der Waals surface area contributed by atoms with E-state index in [1.165, 1.54) is 12.8 Å². The van der Waals surface area contributed by atoms with Gasteiger partial charge in [-0.3, -0.25) is 14.7 Å². The topological polar surface area (TPSA) is 69.2 Å². The molecule has 2 rings (SSSR count). The van der Waals surface area contributed by atoms with E-state index < -0.39 is 0 Å². The highest BCUT2D eigenvalue weighted by Gasteiger charge is 2.27. The molecule has 1 unspecified atom stereocenters. The Balaban J connectivity index is 0.00000544. The monoisotopic (exact) mass is 573 g/mol. The van der Waals surface area contributed by atoms with Crippen LogP contribution in [0.4, 0.5) is 0 Å². The maximum Gasteiger partial charge on any atom is 0.253 e. The van der Waals surface area contributed by atoms with Crippen molar-refractivity contribution >= 4 is 35.8 Å². The fourth-order valence-electron chi connectivity index (χ4n) is 4.40. The zero-order chi connectivity index (χ0) is 23.3. The van der Waals surface area contributed by atoms with E-state index in [1.807, 2.05) is 50.1 Å². The minimum absolute atomic E-state index is 0. The number of carbonyl (C=O) groups is 1. The Morgan fingerprint density at radius 3 is 2.18 bits per heavy atom. The number of nitrogens with one attached hydrogen (secondary N) is 2. The van der Waals surface area contributed by atoms with Crippen LogP contribution in [0.25, 0.3) is 0 Å². The number of hydrogen-bond donors (Lipinski definition) is 2. The van der Waals surface area contributed by atoms with E-state index in [0.29, 0.717) is 18.5 Å². The van der Waals surface area contributed by atoms with Gasteiger partial charge >= 0.3 is 0 Å². The van der Waals surface area contributed by atoms with Crippen LogP contribution in [0.2, 0.25) is 0 Å². The summed E-state index contributed by atoms with van der Waals surface area (Å²) < 4.78 is 5.56. The molecule has 7 nitrogen and oxygen atoms in total. The van der Waals surface area contributed by atoms with Crippen LogP contribution in [-0.4, -0.2) is 80.7 Å². The van der Waals surface area contributed by atoms with Crippen molar-refractivity contribution in [1.82, 2.24) is 20.4 Å². The molecular formula is C25H44IN5O2. The third kappa shape index (κ3) is 9.05. The number of guanidine groups is 1. The predicted molar refractivity (Wildman–Crippen MR) is 148 cm³/mol. The second-order valence-corrected chi connectivity index (χ2v) is 8.27. The molecule has 0 saturated carbocycles. The first-order chi connectivity index (χ1) is 15.6. The molecule has 2 N–H and O–H groups in total. The van der Waals surface area contributed by atoms with Crippen molar-refractivity contribution in [1.29, 1.82) is 0 Å². The summed E-state index contributed by atoms with van der Waals surface area (Å²) in [4.78, 5) is 21.3. The number of morpholine rings is 1. The molecule has 1 heterocycles. The lowest BCUT2D eigenvalue weighted by Crippen LogP contribution is -2.53. The first-order valence-electron chi connectivity index (χ1n) is 12.2. The summed E-state index contributed by atoms with van der Waals surface area (Å²) in [5, 5.41) is 6.95. The number of nitrogens with zero attached hydrogens (tertiary/aromatic N) is 3. The van der Waals surface area contributed by atoms with Crippen molar-refractivity contribution in [2.75, 3.05) is 53.0 Å². The molecule has 1 aliphatic rings. The van der Waals surface area contributed by atoms with Crippen LogP contribution in [0.15, 0.2) is 29.3 Å². The Morgan fingerprint density at radius 1 is 1.06 bits per heavy atom. The van der Waals surface area contributed by atoms with Crippen molar-refractivity contribution in [2.45, 2.75) is 53.1 Å². The van der Waals surface area contributed by atoms with Gasteiger partial charge in [-0.1, -0.05) is 38.8 Å². The summed E-state index contributed by atoms with van der Waals surface area (Å²) in [6.07, 6.45) is 2.34. The number of hydrogen-bond acceptors (Lipinski definition) is 4. The summed E-state index contributed by atoms with van der Waals surface area (Å²) >= 11 is 0. The van der Waals surface area contributed by atoms with Crippen LogP contribution in [-0.2, 0) is 11.3 Å². The Morgan fingerprint density at radius 2 is 1.67 bits per heavy atom. The summed E-state index contributed by atoms with van der Waals surface area (Å²) in [6.45, 7) is 15.2. The zero-order valence-electron chi connectivity index (χ0n) is 21.1. The van der Waals surface area contributed by atoms with E-state index in [4.69, 9.17) is 4.74 Å². The van der Waals surface area contributed by atoms with E-state index >= 15 is 0 Å². The SMILES string of the molecule is CCC(CC)C(CNC(=NC)NCc1ccc(C(=O)N(CC)CC)cc1)N1CCOCC1.I. The quantitative estimate of drug-likeness (QED) is 0.241. The van der Waals surface area contributed by atoms with Crippen molar-refractivity contribution in [3.05, 3.63) is 35.4 Å². The molecule has 0 aromatic heterocycles. The molecule has 1 aromatic rings. The Labute approximate surface area is 217 Å². The molecular weight excluding hydrogens is 529 g/mol. The largest absolute Gasteiger partial charge is 0.379 e. The molecule has 1 saturated heterocycles. The normalized spacial score (nSPS) is 15.6. The third-order valence-corrected chi connectivity index (χ3v) is 6.52. The molecule has 0 spiro atoms. The molecule has 33 heavy (non-hydrogen) atoms. The molecule has 1 aromatic carbocycles. The maximum absolute atomic E-state index is 12.5. The van der Waals surface area contributed by atoms with E-state index in [-0.39, 0.29) is 29.9 Å². The van der Waals surface area contributed by atoms with E-state index in [9.17, 15) is 4.79 Å². The summed E-state index contributed by atoms with van der Waals surface area (Å²) in [5.41, 5.74) is 1.85. The highest BCUT2D eigenvalue weighted by molar-refractivity contribution is 14.0. The second-order valence-electron chi connectivity index (χ2n) is 8.27. The summed E-state index contributed by atoms with van der Waals surface area (Å²) in [5.74, 6) is 1.54. The van der Waals surface area contributed by atoms with Gasteiger partial charge in [0.1, 0.15) is 0 Å². The van der Waals surface area contributed by atoms with Crippen molar-refractivity contribution in [3.8, 4) is 0 Å². The van der Waals surface area contributed by atoms with Crippen LogP contribution in [0.5, 0.6) is 0 Å². The number of rotatable bonds is 11. The minimum Gasteiger partial charge on any atom is -0.379 e. The lowest BCUT2D eigenvalue weighted by Gasteiger charge is -2.39. The van der Waals surface area contributed by atoms with Crippen LogP contribution in [0.1, 0.15) is 56.5 Å². The molecule has 1 aliphatic heterocycles. The Bertz CT molecular complexity index is 699. The molecule has 0 aliphatic carbocycles. The zero-order valence-corrected chi connectivity index (χ0v) is 23.4. The first kappa shape index (κ1) is 29.6. The molecule has 8 heteroatoms. The molecule has 188 valence electrons. The minimum atomic E-state index is 0. The van der Waals surface area contributed by atoms with Crippen LogP contribution < -0.4 is 10.6 Å². The second kappa shape index (κ2) is 16.3. The van der Waals surface area contributed by atoms with Gasteiger partial charge in [-0.15, -0.1) is 24.0 Å². The number of carbonyl (C=O) groups excluding carboxylic acids is 1. The van der Waals surface area contributed by atoms with Crippen molar-refractivity contribution in [2.24, 2.45) is 10.9 Å². The summed E-state index contributed by atoms with van der Waals surface area (Å²) in [7, 11) is 1.81. The lowest BCUT2D eigenvalue weighted by atomic mass is 9.92. The highest BCUT2D eigenvalue weighted by Crippen LogP contribution is 2.19. The van der Waals surface area contributed by atoms with Gasteiger partial charge in [0.15, 0.2) is 5.96 Å². The molecule has 0 radical (unpaired) electrons. The van der Waals surface area contributed by atoms with Gasteiger partial charge in [0.05, 0.1) is 13.2 Å². The average molecular weight is 574 g/mol. The predicted octanol–water partition coefficient (Wildman–Crippen LogP) is 3.59.